The fourth-order valence-electron chi connectivity index (χ4n) is 1.06. The van der Waals surface area contributed by atoms with Gasteiger partial charge in [0.1, 0.15) is 6.61 Å². The molecule has 0 spiro atoms. The van der Waals surface area contributed by atoms with E-state index in [0.717, 1.165) is 0 Å². The molecular weight excluding hydrogens is 236 g/mol. The molecule has 0 rings (SSSR count). The van der Waals surface area contributed by atoms with Crippen molar-refractivity contribution in [2.45, 2.75) is 20.8 Å². The van der Waals surface area contributed by atoms with E-state index < -0.39 is 0 Å². The number of rotatable bonds is 10. The number of nitrogens with one attached hydrogen (secondary N) is 2. The molecule has 0 bridgehead atoms. The molecule has 0 aromatic heterocycles. The summed E-state index contributed by atoms with van der Waals surface area (Å²) in [6, 6.07) is 0. The summed E-state index contributed by atoms with van der Waals surface area (Å²) in [5.41, 5.74) is 0. The molecule has 0 aliphatic carbocycles. The third kappa shape index (κ3) is 10.0. The van der Waals surface area contributed by atoms with Crippen molar-refractivity contribution >= 4 is 11.8 Å². The van der Waals surface area contributed by atoms with Gasteiger partial charge >= 0.3 is 0 Å². The van der Waals surface area contributed by atoms with Crippen LogP contribution in [0.4, 0.5) is 0 Å². The molecule has 0 unspecified atom stereocenters. The van der Waals surface area contributed by atoms with Crippen LogP contribution in [0.25, 0.3) is 0 Å². The van der Waals surface area contributed by atoms with Gasteiger partial charge in [-0.25, -0.2) is 0 Å². The van der Waals surface area contributed by atoms with Crippen LogP contribution in [0, 0.1) is 5.92 Å². The van der Waals surface area contributed by atoms with Gasteiger partial charge in [0.25, 0.3) is 0 Å². The number of carbonyl (C=O) groups excluding carboxylic acids is 2. The monoisotopic (exact) mass is 260 g/mol. The average molecular weight is 260 g/mol. The molecule has 0 radical (unpaired) electrons. The minimum atomic E-state index is -0.145. The lowest BCUT2D eigenvalue weighted by atomic mass is 10.2. The number of hydrogen-bond acceptors (Lipinski definition) is 4. The molecule has 18 heavy (non-hydrogen) atoms. The Morgan fingerprint density at radius 1 is 1.06 bits per heavy atom. The van der Waals surface area contributed by atoms with Crippen LogP contribution in [0.5, 0.6) is 0 Å². The van der Waals surface area contributed by atoms with Gasteiger partial charge in [0.15, 0.2) is 0 Å². The van der Waals surface area contributed by atoms with E-state index in [0.29, 0.717) is 32.9 Å². The summed E-state index contributed by atoms with van der Waals surface area (Å²) >= 11 is 0. The van der Waals surface area contributed by atoms with Crippen LogP contribution in [-0.2, 0) is 19.1 Å². The van der Waals surface area contributed by atoms with Gasteiger partial charge in [-0.15, -0.1) is 0 Å². The Balaban J connectivity index is 3.26. The summed E-state index contributed by atoms with van der Waals surface area (Å²) in [6.07, 6.45) is 0. The van der Waals surface area contributed by atoms with Gasteiger partial charge in [-0.05, 0) is 6.92 Å². The number of amides is 2. The Morgan fingerprint density at radius 2 is 1.67 bits per heavy atom. The van der Waals surface area contributed by atoms with Crippen molar-refractivity contribution in [3.05, 3.63) is 0 Å². The molecule has 6 nitrogen and oxygen atoms in total. The summed E-state index contributed by atoms with van der Waals surface area (Å²) in [6.45, 7) is 7.93. The summed E-state index contributed by atoms with van der Waals surface area (Å²) in [5, 5.41) is 5.40. The molecule has 0 aromatic rings. The molecular formula is C12H24N2O4. The maximum absolute atomic E-state index is 11.2. The van der Waals surface area contributed by atoms with Gasteiger partial charge in [0.2, 0.25) is 11.8 Å². The summed E-state index contributed by atoms with van der Waals surface area (Å²) in [7, 11) is 0. The van der Waals surface area contributed by atoms with E-state index in [2.05, 4.69) is 10.6 Å². The Labute approximate surface area is 108 Å². The standard InChI is InChI=1S/C12H24N2O4/c1-4-17-9-11(15)13-5-7-18-8-6-14-12(16)10(2)3/h10H,4-9H2,1-3H3,(H,13,15)(H,14,16). The highest BCUT2D eigenvalue weighted by Gasteiger charge is 2.04. The zero-order valence-corrected chi connectivity index (χ0v) is 11.5. The molecule has 0 aliphatic rings. The molecule has 0 saturated carbocycles. The third-order valence-corrected chi connectivity index (χ3v) is 2.08. The van der Waals surface area contributed by atoms with Crippen molar-refractivity contribution in [3.8, 4) is 0 Å². The lowest BCUT2D eigenvalue weighted by Gasteiger charge is -2.09. The van der Waals surface area contributed by atoms with Crippen LogP contribution in [0.3, 0.4) is 0 Å². The molecule has 0 saturated heterocycles. The van der Waals surface area contributed by atoms with E-state index in [-0.39, 0.29) is 24.3 Å². The van der Waals surface area contributed by atoms with E-state index >= 15 is 0 Å². The van der Waals surface area contributed by atoms with Crippen LogP contribution in [0.15, 0.2) is 0 Å². The normalized spacial score (nSPS) is 10.4. The number of hydrogen-bond donors (Lipinski definition) is 2. The van der Waals surface area contributed by atoms with E-state index in [1.54, 1.807) is 0 Å². The largest absolute Gasteiger partial charge is 0.378 e. The second-order valence-electron chi connectivity index (χ2n) is 4.05. The quantitative estimate of drug-likeness (QED) is 0.539. The number of carbonyl (C=O) groups is 2. The van der Waals surface area contributed by atoms with Crippen molar-refractivity contribution in [2.24, 2.45) is 5.92 Å². The smallest absolute Gasteiger partial charge is 0.246 e. The van der Waals surface area contributed by atoms with Crippen LogP contribution in [-0.4, -0.2) is 51.3 Å². The second kappa shape index (κ2) is 11.0. The summed E-state index contributed by atoms with van der Waals surface area (Å²) in [4.78, 5) is 22.3. The Hall–Kier alpha value is -1.14. The maximum Gasteiger partial charge on any atom is 0.246 e. The fraction of sp³-hybridized carbons (Fsp3) is 0.833. The number of ether oxygens (including phenoxy) is 2. The zero-order valence-electron chi connectivity index (χ0n) is 11.5. The molecule has 2 N–H and O–H groups in total. The predicted molar refractivity (Wildman–Crippen MR) is 68.2 cm³/mol. The Bertz CT molecular complexity index is 244. The van der Waals surface area contributed by atoms with E-state index in [1.807, 2.05) is 20.8 Å². The maximum atomic E-state index is 11.2. The zero-order chi connectivity index (χ0) is 13.8. The van der Waals surface area contributed by atoms with Crippen LogP contribution in [0.1, 0.15) is 20.8 Å². The first-order valence-corrected chi connectivity index (χ1v) is 6.27. The van der Waals surface area contributed by atoms with Crippen molar-refractivity contribution in [2.75, 3.05) is 39.5 Å². The average Bonchev–Trinajstić information content (AvgIpc) is 2.34. The van der Waals surface area contributed by atoms with E-state index in [4.69, 9.17) is 9.47 Å². The third-order valence-electron chi connectivity index (χ3n) is 2.08. The highest BCUT2D eigenvalue weighted by atomic mass is 16.5. The second-order valence-corrected chi connectivity index (χ2v) is 4.05. The highest BCUT2D eigenvalue weighted by molar-refractivity contribution is 5.77. The van der Waals surface area contributed by atoms with Crippen molar-refractivity contribution in [1.82, 2.24) is 10.6 Å². The SMILES string of the molecule is CCOCC(=O)NCCOCCNC(=O)C(C)C. The van der Waals surface area contributed by atoms with E-state index in [9.17, 15) is 9.59 Å². The van der Waals surface area contributed by atoms with Crippen LogP contribution >= 0.6 is 0 Å². The van der Waals surface area contributed by atoms with Gasteiger partial charge in [0.05, 0.1) is 13.2 Å². The topological polar surface area (TPSA) is 76.7 Å². The fourth-order valence-corrected chi connectivity index (χ4v) is 1.06. The lowest BCUT2D eigenvalue weighted by Crippen LogP contribution is -2.33. The summed E-state index contributed by atoms with van der Waals surface area (Å²) in [5.74, 6) is -0.139. The molecule has 6 heteroatoms. The molecule has 0 atom stereocenters. The van der Waals surface area contributed by atoms with Gasteiger partial charge < -0.3 is 20.1 Å². The minimum Gasteiger partial charge on any atom is -0.378 e. The van der Waals surface area contributed by atoms with Crippen LogP contribution < -0.4 is 10.6 Å². The van der Waals surface area contributed by atoms with Crippen LogP contribution in [0.2, 0.25) is 0 Å². The first-order valence-electron chi connectivity index (χ1n) is 6.27. The van der Waals surface area contributed by atoms with Crippen molar-refractivity contribution < 1.29 is 19.1 Å². The minimum absolute atomic E-state index is 0.0112. The van der Waals surface area contributed by atoms with Gasteiger partial charge in [-0.1, -0.05) is 13.8 Å². The van der Waals surface area contributed by atoms with Gasteiger partial charge in [-0.3, -0.25) is 9.59 Å². The predicted octanol–water partition coefficient (Wildman–Crippen LogP) is -0.0721. The highest BCUT2D eigenvalue weighted by Crippen LogP contribution is 1.89. The lowest BCUT2D eigenvalue weighted by molar-refractivity contribution is -0.125. The van der Waals surface area contributed by atoms with Gasteiger partial charge in [-0.2, -0.15) is 0 Å². The Kier molecular flexibility index (Phi) is 10.3. The Morgan fingerprint density at radius 3 is 2.22 bits per heavy atom. The van der Waals surface area contributed by atoms with Gasteiger partial charge in [0, 0.05) is 25.6 Å². The molecule has 0 aromatic carbocycles. The van der Waals surface area contributed by atoms with Crippen molar-refractivity contribution in [3.63, 3.8) is 0 Å². The first kappa shape index (κ1) is 16.9. The molecule has 0 fully saturated rings. The van der Waals surface area contributed by atoms with E-state index in [1.165, 1.54) is 0 Å². The first-order chi connectivity index (χ1) is 8.57. The molecule has 0 heterocycles. The molecule has 2 amide bonds. The molecule has 0 aliphatic heterocycles. The summed E-state index contributed by atoms with van der Waals surface area (Å²) < 4.78 is 10.2. The van der Waals surface area contributed by atoms with Crippen molar-refractivity contribution in [1.29, 1.82) is 0 Å². The molecule has 106 valence electrons.